The van der Waals surface area contributed by atoms with Crippen LogP contribution in [0.5, 0.6) is 0 Å². The summed E-state index contributed by atoms with van der Waals surface area (Å²) in [6.07, 6.45) is 0.930. The van der Waals surface area contributed by atoms with E-state index in [0.717, 1.165) is 0 Å². The second-order valence-corrected chi connectivity index (χ2v) is 12.2. The molecule has 22 heavy (non-hydrogen) atoms. The normalized spacial score (nSPS) is 20.7. The molecule has 1 saturated heterocycles. The van der Waals surface area contributed by atoms with Gasteiger partial charge in [-0.05, 0) is 24.6 Å². The summed E-state index contributed by atoms with van der Waals surface area (Å²) in [5.74, 6) is -1.49. The maximum atomic E-state index is 12.0. The molecule has 0 saturated carbocycles. The third kappa shape index (κ3) is 5.37. The zero-order valence-electron chi connectivity index (χ0n) is 14.3. The molecule has 1 aliphatic rings. The van der Waals surface area contributed by atoms with Crippen molar-refractivity contribution in [2.45, 2.75) is 57.8 Å². The van der Waals surface area contributed by atoms with Crippen LogP contribution in [-0.4, -0.2) is 51.2 Å². The smallest absolute Gasteiger partial charge is 0.326 e. The lowest BCUT2D eigenvalue weighted by Gasteiger charge is -2.36. The standard InChI is InChI=1S/C15H29NO5Si/c1-15(2,3)22(4,5)21-9-7-12(14(18)19)16-13(17)11-6-8-20-10-11/h11-12H,6-10H2,1-5H3,(H,16,17)(H,18,19)/t11-,12-/m1/s1. The molecule has 7 heteroatoms. The fourth-order valence-corrected chi connectivity index (χ4v) is 3.00. The van der Waals surface area contributed by atoms with Crippen molar-refractivity contribution < 1.29 is 23.9 Å². The van der Waals surface area contributed by atoms with Gasteiger partial charge in [0.05, 0.1) is 12.5 Å². The van der Waals surface area contributed by atoms with E-state index in [1.54, 1.807) is 0 Å². The number of carbonyl (C=O) groups is 2. The first kappa shape index (κ1) is 19.1. The van der Waals surface area contributed by atoms with Crippen molar-refractivity contribution in [2.75, 3.05) is 19.8 Å². The zero-order valence-corrected chi connectivity index (χ0v) is 15.3. The minimum atomic E-state index is -1.90. The Balaban J connectivity index is 2.48. The van der Waals surface area contributed by atoms with Gasteiger partial charge in [-0.25, -0.2) is 4.79 Å². The number of ether oxygens (including phenoxy) is 1. The van der Waals surface area contributed by atoms with Gasteiger partial charge in [0.1, 0.15) is 6.04 Å². The number of amides is 1. The van der Waals surface area contributed by atoms with Gasteiger partial charge in [0.2, 0.25) is 5.91 Å². The predicted molar refractivity (Wildman–Crippen MR) is 86.3 cm³/mol. The summed E-state index contributed by atoms with van der Waals surface area (Å²) >= 11 is 0. The van der Waals surface area contributed by atoms with Crippen molar-refractivity contribution in [2.24, 2.45) is 5.92 Å². The lowest BCUT2D eigenvalue weighted by atomic mass is 10.1. The molecule has 0 aliphatic carbocycles. The molecule has 0 bridgehead atoms. The van der Waals surface area contributed by atoms with Crippen LogP contribution in [0.2, 0.25) is 18.1 Å². The summed E-state index contributed by atoms with van der Waals surface area (Å²) in [5, 5.41) is 11.9. The Morgan fingerprint density at radius 1 is 1.41 bits per heavy atom. The third-order valence-electron chi connectivity index (χ3n) is 4.59. The summed E-state index contributed by atoms with van der Waals surface area (Å²) in [6.45, 7) is 11.9. The van der Waals surface area contributed by atoms with Crippen molar-refractivity contribution in [1.82, 2.24) is 5.32 Å². The lowest BCUT2D eigenvalue weighted by molar-refractivity contribution is -0.142. The number of nitrogens with one attached hydrogen (secondary N) is 1. The van der Waals surface area contributed by atoms with E-state index < -0.39 is 20.3 Å². The Morgan fingerprint density at radius 2 is 2.05 bits per heavy atom. The van der Waals surface area contributed by atoms with E-state index in [9.17, 15) is 14.7 Å². The second-order valence-electron chi connectivity index (χ2n) is 7.36. The van der Waals surface area contributed by atoms with Crippen molar-refractivity contribution in [3.05, 3.63) is 0 Å². The fraction of sp³-hybridized carbons (Fsp3) is 0.867. The Kier molecular flexibility index (Phi) is 6.58. The molecule has 1 fully saturated rings. The van der Waals surface area contributed by atoms with Crippen LogP contribution in [0.3, 0.4) is 0 Å². The van der Waals surface area contributed by atoms with Gasteiger partial charge in [0.25, 0.3) is 0 Å². The number of aliphatic carboxylic acids is 1. The molecule has 2 atom stereocenters. The van der Waals surface area contributed by atoms with Crippen LogP contribution in [0.1, 0.15) is 33.6 Å². The first-order valence-corrected chi connectivity index (χ1v) is 10.7. The molecular formula is C15H29NO5Si. The van der Waals surface area contributed by atoms with Crippen molar-refractivity contribution in [1.29, 1.82) is 0 Å². The summed E-state index contributed by atoms with van der Waals surface area (Å²) < 4.78 is 11.1. The van der Waals surface area contributed by atoms with E-state index in [2.05, 4.69) is 39.2 Å². The number of hydrogen-bond donors (Lipinski definition) is 2. The quantitative estimate of drug-likeness (QED) is 0.697. The van der Waals surface area contributed by atoms with E-state index in [0.29, 0.717) is 26.2 Å². The largest absolute Gasteiger partial charge is 0.480 e. The SMILES string of the molecule is CC(C)(C)[Si](C)(C)OCC[C@@H](NC(=O)[C@@H]1CCOC1)C(=O)O. The summed E-state index contributed by atoms with van der Waals surface area (Å²) in [5.41, 5.74) is 0. The zero-order chi connectivity index (χ0) is 17.0. The first-order chi connectivity index (χ1) is 10.0. The van der Waals surface area contributed by atoms with E-state index in [-0.39, 0.29) is 23.3 Å². The van der Waals surface area contributed by atoms with Crippen LogP contribution in [0.25, 0.3) is 0 Å². The topological polar surface area (TPSA) is 84.9 Å². The molecule has 0 aromatic heterocycles. The molecule has 6 nitrogen and oxygen atoms in total. The highest BCUT2D eigenvalue weighted by Crippen LogP contribution is 2.36. The minimum absolute atomic E-state index is 0.0795. The Morgan fingerprint density at radius 3 is 2.50 bits per heavy atom. The van der Waals surface area contributed by atoms with Crippen LogP contribution in [-0.2, 0) is 18.8 Å². The van der Waals surface area contributed by atoms with Gasteiger partial charge in [-0.3, -0.25) is 4.79 Å². The molecule has 0 unspecified atom stereocenters. The number of carboxylic acids is 1. The van der Waals surface area contributed by atoms with E-state index >= 15 is 0 Å². The van der Waals surface area contributed by atoms with Gasteiger partial charge in [0.15, 0.2) is 8.32 Å². The van der Waals surface area contributed by atoms with Gasteiger partial charge >= 0.3 is 5.97 Å². The molecule has 1 aliphatic heterocycles. The molecule has 1 heterocycles. The van der Waals surface area contributed by atoms with Gasteiger partial charge in [-0.2, -0.15) is 0 Å². The second kappa shape index (κ2) is 7.57. The van der Waals surface area contributed by atoms with Crippen LogP contribution in [0.4, 0.5) is 0 Å². The van der Waals surface area contributed by atoms with Gasteiger partial charge in [-0.15, -0.1) is 0 Å². The van der Waals surface area contributed by atoms with Gasteiger partial charge in [-0.1, -0.05) is 20.8 Å². The lowest BCUT2D eigenvalue weighted by Crippen LogP contribution is -2.46. The van der Waals surface area contributed by atoms with Gasteiger partial charge in [0, 0.05) is 19.6 Å². The maximum Gasteiger partial charge on any atom is 0.326 e. The van der Waals surface area contributed by atoms with Crippen LogP contribution in [0, 0.1) is 5.92 Å². The molecule has 1 amide bonds. The van der Waals surface area contributed by atoms with E-state index in [1.807, 2.05) is 0 Å². The average molecular weight is 331 g/mol. The minimum Gasteiger partial charge on any atom is -0.480 e. The molecule has 0 spiro atoms. The Hall–Kier alpha value is -0.923. The molecular weight excluding hydrogens is 302 g/mol. The molecule has 0 aromatic carbocycles. The number of hydrogen-bond acceptors (Lipinski definition) is 4. The number of carbonyl (C=O) groups excluding carboxylic acids is 1. The monoisotopic (exact) mass is 331 g/mol. The highest BCUT2D eigenvalue weighted by atomic mass is 28.4. The third-order valence-corrected chi connectivity index (χ3v) is 9.13. The Bertz CT molecular complexity index is 399. The predicted octanol–water partition coefficient (Wildman–Crippen LogP) is 2.00. The Labute approximate surface area is 133 Å². The highest BCUT2D eigenvalue weighted by molar-refractivity contribution is 6.74. The fourth-order valence-electron chi connectivity index (χ4n) is 1.94. The molecule has 128 valence electrons. The number of rotatable bonds is 7. The summed E-state index contributed by atoms with van der Waals surface area (Å²) in [7, 11) is -1.90. The molecule has 0 radical (unpaired) electrons. The van der Waals surface area contributed by atoms with Crippen LogP contribution in [0.15, 0.2) is 0 Å². The molecule has 0 aromatic rings. The van der Waals surface area contributed by atoms with Crippen molar-refractivity contribution in [3.8, 4) is 0 Å². The number of carboxylic acid groups (broad SMARTS) is 1. The highest BCUT2D eigenvalue weighted by Gasteiger charge is 2.37. The van der Waals surface area contributed by atoms with Crippen molar-refractivity contribution >= 4 is 20.2 Å². The van der Waals surface area contributed by atoms with Gasteiger partial charge < -0.3 is 19.6 Å². The summed E-state index contributed by atoms with van der Waals surface area (Å²) in [6, 6.07) is -0.905. The maximum absolute atomic E-state index is 12.0. The van der Waals surface area contributed by atoms with Crippen LogP contribution >= 0.6 is 0 Å². The first-order valence-electron chi connectivity index (χ1n) is 7.79. The van der Waals surface area contributed by atoms with E-state index in [1.165, 1.54) is 0 Å². The van der Waals surface area contributed by atoms with Crippen LogP contribution < -0.4 is 5.32 Å². The van der Waals surface area contributed by atoms with E-state index in [4.69, 9.17) is 9.16 Å². The van der Waals surface area contributed by atoms with Crippen molar-refractivity contribution in [3.63, 3.8) is 0 Å². The molecule has 2 N–H and O–H groups in total. The molecule has 1 rings (SSSR count). The average Bonchev–Trinajstić information content (AvgIpc) is 2.89. The summed E-state index contributed by atoms with van der Waals surface area (Å²) in [4.78, 5) is 23.3.